The van der Waals surface area contributed by atoms with Crippen LogP contribution in [0.4, 0.5) is 0 Å². The molecule has 0 aromatic heterocycles. The highest BCUT2D eigenvalue weighted by Crippen LogP contribution is 2.36. The summed E-state index contributed by atoms with van der Waals surface area (Å²) in [6.07, 6.45) is 2.47. The van der Waals surface area contributed by atoms with Crippen LogP contribution in [0.5, 0.6) is 11.5 Å². The molecule has 1 N–H and O–H groups in total. The molecule has 3 aliphatic heterocycles. The second-order valence-electron chi connectivity index (χ2n) is 6.51. The van der Waals surface area contributed by atoms with Crippen molar-refractivity contribution in [3.05, 3.63) is 23.8 Å². The Balaban J connectivity index is 1.47. The van der Waals surface area contributed by atoms with Gasteiger partial charge in [0.15, 0.2) is 11.5 Å². The minimum atomic E-state index is -0.341. The van der Waals surface area contributed by atoms with Gasteiger partial charge in [0.05, 0.1) is 6.10 Å². The summed E-state index contributed by atoms with van der Waals surface area (Å²) in [5.41, 5.74) is 0.875. The molecule has 1 spiro atoms. The number of hydrogen-bond acceptors (Lipinski definition) is 5. The highest BCUT2D eigenvalue weighted by molar-refractivity contribution is 5.43. The Morgan fingerprint density at radius 1 is 1.18 bits per heavy atom. The molecule has 5 nitrogen and oxygen atoms in total. The fourth-order valence-corrected chi connectivity index (χ4v) is 3.82. The molecule has 1 aromatic carbocycles. The van der Waals surface area contributed by atoms with Gasteiger partial charge in [-0.05, 0) is 37.0 Å². The molecule has 0 aliphatic carbocycles. The van der Waals surface area contributed by atoms with Gasteiger partial charge >= 0.3 is 0 Å². The lowest BCUT2D eigenvalue weighted by Gasteiger charge is -2.43. The topological polar surface area (TPSA) is 51.2 Å². The van der Waals surface area contributed by atoms with Crippen molar-refractivity contribution in [2.45, 2.75) is 37.5 Å². The lowest BCUT2D eigenvalue weighted by atomic mass is 9.87. The van der Waals surface area contributed by atoms with Crippen LogP contribution >= 0.6 is 0 Å². The zero-order valence-corrected chi connectivity index (χ0v) is 12.8. The van der Waals surface area contributed by atoms with E-state index in [0.717, 1.165) is 57.0 Å². The predicted molar refractivity (Wildman–Crippen MR) is 81.2 cm³/mol. The summed E-state index contributed by atoms with van der Waals surface area (Å²) in [6.45, 7) is 4.58. The van der Waals surface area contributed by atoms with E-state index >= 15 is 0 Å². The summed E-state index contributed by atoms with van der Waals surface area (Å²) in [4.78, 5) is 2.38. The first-order valence-electron chi connectivity index (χ1n) is 8.18. The van der Waals surface area contributed by atoms with Crippen LogP contribution in [0.1, 0.15) is 24.8 Å². The molecule has 2 saturated heterocycles. The van der Waals surface area contributed by atoms with Gasteiger partial charge in [-0.25, -0.2) is 0 Å². The molecule has 4 rings (SSSR count). The van der Waals surface area contributed by atoms with Gasteiger partial charge in [0.25, 0.3) is 0 Å². The Morgan fingerprint density at radius 3 is 2.86 bits per heavy atom. The largest absolute Gasteiger partial charge is 0.486 e. The Hall–Kier alpha value is -1.30. The molecule has 0 saturated carbocycles. The second-order valence-corrected chi connectivity index (χ2v) is 6.51. The van der Waals surface area contributed by atoms with Crippen LogP contribution in [0.2, 0.25) is 0 Å². The van der Waals surface area contributed by atoms with Gasteiger partial charge < -0.3 is 19.3 Å². The van der Waals surface area contributed by atoms with E-state index < -0.39 is 0 Å². The molecule has 120 valence electrons. The van der Waals surface area contributed by atoms with Crippen molar-refractivity contribution in [3.63, 3.8) is 0 Å². The van der Waals surface area contributed by atoms with E-state index in [1.54, 1.807) is 0 Å². The van der Waals surface area contributed by atoms with Crippen LogP contribution in [-0.4, -0.2) is 54.6 Å². The van der Waals surface area contributed by atoms with E-state index in [2.05, 4.69) is 17.0 Å². The number of aliphatic hydroxyl groups excluding tert-OH is 1. The van der Waals surface area contributed by atoms with Gasteiger partial charge in [-0.2, -0.15) is 0 Å². The summed E-state index contributed by atoms with van der Waals surface area (Å²) in [5.74, 6) is 1.67. The second kappa shape index (κ2) is 5.72. The normalized spacial score (nSPS) is 31.6. The molecule has 0 radical (unpaired) electrons. The number of nitrogens with zero attached hydrogens (tertiary/aromatic N) is 1. The van der Waals surface area contributed by atoms with Gasteiger partial charge in [0.1, 0.15) is 18.8 Å². The van der Waals surface area contributed by atoms with Crippen LogP contribution in [-0.2, 0) is 11.3 Å². The van der Waals surface area contributed by atoms with Crippen molar-refractivity contribution in [2.24, 2.45) is 0 Å². The summed E-state index contributed by atoms with van der Waals surface area (Å²) in [5, 5.41) is 10.3. The summed E-state index contributed by atoms with van der Waals surface area (Å²) >= 11 is 0. The summed E-state index contributed by atoms with van der Waals surface area (Å²) in [6, 6.07) is 6.16. The number of likely N-dealkylation sites (tertiary alicyclic amines) is 1. The van der Waals surface area contributed by atoms with Gasteiger partial charge in [0.2, 0.25) is 0 Å². The first-order chi connectivity index (χ1) is 10.8. The molecule has 0 unspecified atom stereocenters. The molecule has 3 aliphatic rings. The molecule has 22 heavy (non-hydrogen) atoms. The lowest BCUT2D eigenvalue weighted by Crippen LogP contribution is -2.56. The van der Waals surface area contributed by atoms with Gasteiger partial charge in [-0.1, -0.05) is 6.07 Å². The van der Waals surface area contributed by atoms with Crippen LogP contribution < -0.4 is 9.47 Å². The molecule has 3 heterocycles. The lowest BCUT2D eigenvalue weighted by molar-refractivity contribution is -0.132. The maximum absolute atomic E-state index is 10.3. The zero-order chi connectivity index (χ0) is 15.0. The van der Waals surface area contributed by atoms with Crippen LogP contribution in [0.25, 0.3) is 0 Å². The third kappa shape index (κ3) is 2.57. The number of hydrogen-bond donors (Lipinski definition) is 1. The number of rotatable bonds is 2. The van der Waals surface area contributed by atoms with Crippen molar-refractivity contribution in [2.75, 3.05) is 32.9 Å². The molecule has 2 atom stereocenters. The number of piperidine rings is 1. The molecule has 1 aromatic rings. The Bertz CT molecular complexity index is 541. The Morgan fingerprint density at radius 2 is 2.05 bits per heavy atom. The van der Waals surface area contributed by atoms with Crippen molar-refractivity contribution >= 4 is 0 Å². The fraction of sp³-hybridized carbons (Fsp3) is 0.647. The number of aliphatic hydroxyl groups is 1. The standard InChI is InChI=1S/C17H23NO4/c19-16-4-6-18(12-17(16)5-1-7-22-17)11-13-2-3-14-15(10-13)21-9-8-20-14/h2-3,10,16,19H,1,4-9,11-12H2/t16-,17-/m0/s1. The quantitative estimate of drug-likeness (QED) is 0.899. The summed E-state index contributed by atoms with van der Waals surface area (Å²) in [7, 11) is 0. The Labute approximate surface area is 130 Å². The molecule has 0 amide bonds. The molecule has 0 bridgehead atoms. The minimum Gasteiger partial charge on any atom is -0.486 e. The fourth-order valence-electron chi connectivity index (χ4n) is 3.82. The maximum atomic E-state index is 10.3. The van der Waals surface area contributed by atoms with E-state index in [9.17, 15) is 5.11 Å². The SMILES string of the molecule is O[C@H]1CCN(Cc2ccc3c(c2)OCCO3)C[C@@]12CCCO2. The van der Waals surface area contributed by atoms with Crippen LogP contribution in [0.15, 0.2) is 18.2 Å². The third-order valence-corrected chi connectivity index (χ3v) is 4.96. The maximum Gasteiger partial charge on any atom is 0.161 e. The smallest absolute Gasteiger partial charge is 0.161 e. The van der Waals surface area contributed by atoms with Gasteiger partial charge in [-0.15, -0.1) is 0 Å². The summed E-state index contributed by atoms with van der Waals surface area (Å²) < 4.78 is 17.1. The van der Waals surface area contributed by atoms with Crippen LogP contribution in [0.3, 0.4) is 0 Å². The molecule has 5 heteroatoms. The number of benzene rings is 1. The van der Waals surface area contributed by atoms with Crippen LogP contribution in [0, 0.1) is 0 Å². The van der Waals surface area contributed by atoms with E-state index in [1.165, 1.54) is 5.56 Å². The highest BCUT2D eigenvalue weighted by Gasteiger charge is 2.45. The Kier molecular flexibility index (Phi) is 3.72. The monoisotopic (exact) mass is 305 g/mol. The molecular weight excluding hydrogens is 282 g/mol. The van der Waals surface area contributed by atoms with Crippen molar-refractivity contribution in [1.82, 2.24) is 4.90 Å². The predicted octanol–water partition coefficient (Wildman–Crippen LogP) is 1.57. The first kappa shape index (κ1) is 14.3. The molecular formula is C17H23NO4. The van der Waals surface area contributed by atoms with Crippen molar-refractivity contribution < 1.29 is 19.3 Å². The van der Waals surface area contributed by atoms with E-state index in [4.69, 9.17) is 14.2 Å². The van der Waals surface area contributed by atoms with Gasteiger partial charge in [-0.3, -0.25) is 4.90 Å². The highest BCUT2D eigenvalue weighted by atomic mass is 16.6. The van der Waals surface area contributed by atoms with E-state index in [-0.39, 0.29) is 11.7 Å². The third-order valence-electron chi connectivity index (χ3n) is 4.96. The minimum absolute atomic E-state index is 0.327. The van der Waals surface area contributed by atoms with E-state index in [0.29, 0.717) is 13.2 Å². The average molecular weight is 305 g/mol. The number of fused-ring (bicyclic) bond motifs is 1. The molecule has 2 fully saturated rings. The van der Waals surface area contributed by atoms with Crippen molar-refractivity contribution in [1.29, 1.82) is 0 Å². The van der Waals surface area contributed by atoms with E-state index in [1.807, 2.05) is 6.07 Å². The van der Waals surface area contributed by atoms with Crippen molar-refractivity contribution in [3.8, 4) is 11.5 Å². The average Bonchev–Trinajstić information content (AvgIpc) is 3.00. The van der Waals surface area contributed by atoms with Gasteiger partial charge in [0, 0.05) is 26.2 Å². The number of ether oxygens (including phenoxy) is 3. The first-order valence-corrected chi connectivity index (χ1v) is 8.18. The zero-order valence-electron chi connectivity index (χ0n) is 12.8.